The molecule has 0 bridgehead atoms. The van der Waals surface area contributed by atoms with Gasteiger partial charge in [-0.25, -0.2) is 0 Å². The molecular weight excluding hydrogens is 318 g/mol. The molecule has 0 fully saturated rings. The Bertz CT molecular complexity index is 634. The summed E-state index contributed by atoms with van der Waals surface area (Å²) in [5.41, 5.74) is 3.75. The van der Waals surface area contributed by atoms with E-state index in [4.69, 9.17) is 0 Å². The number of allylic oxidation sites excluding steroid dienone is 2. The van der Waals surface area contributed by atoms with Crippen molar-refractivity contribution in [3.8, 4) is 0 Å². The Labute approximate surface area is 159 Å². The van der Waals surface area contributed by atoms with Crippen molar-refractivity contribution in [3.63, 3.8) is 0 Å². The molecule has 0 aromatic heterocycles. The zero-order chi connectivity index (χ0) is 19.2. The molecule has 1 unspecified atom stereocenters. The monoisotopic (exact) mass is 351 g/mol. The summed E-state index contributed by atoms with van der Waals surface area (Å²) in [4.78, 5) is 2.34. The number of aliphatic hydroxyl groups is 1. The lowest BCUT2D eigenvalue weighted by Crippen LogP contribution is -2.40. The summed E-state index contributed by atoms with van der Waals surface area (Å²) in [6.07, 6.45) is 4.70. The minimum atomic E-state index is 0.0840. The number of hydrogen-bond acceptors (Lipinski definition) is 2. The molecule has 2 aromatic rings. The van der Waals surface area contributed by atoms with Crippen LogP contribution in [-0.2, 0) is 13.0 Å². The summed E-state index contributed by atoms with van der Waals surface area (Å²) < 4.78 is 0. The summed E-state index contributed by atoms with van der Waals surface area (Å²) in [5.74, 6) is 0. The van der Waals surface area contributed by atoms with E-state index in [1.54, 1.807) is 0 Å². The fourth-order valence-electron chi connectivity index (χ4n) is 2.90. The molecule has 1 N–H and O–H groups in total. The Kier molecular flexibility index (Phi) is 11.0. The molecule has 0 aliphatic heterocycles. The number of rotatable bonds is 9. The fourth-order valence-corrected chi connectivity index (χ4v) is 2.90. The standard InChI is InChI=1S/C22H27NO.C2H6/c1-3-10-19(2)16-23(17-21-13-8-5-9-14-21)22(18-24)15-20-11-6-4-7-12-20;1-2/h3-14,22,24H,1,15-18H2,2H3;1-2H3/b19-10+;. The van der Waals surface area contributed by atoms with Gasteiger partial charge in [0.05, 0.1) is 6.61 Å². The van der Waals surface area contributed by atoms with Crippen LogP contribution in [-0.4, -0.2) is 29.2 Å². The van der Waals surface area contributed by atoms with Gasteiger partial charge in [0.15, 0.2) is 0 Å². The maximum atomic E-state index is 10.00. The third-order valence-electron chi connectivity index (χ3n) is 4.12. The zero-order valence-corrected chi connectivity index (χ0v) is 16.4. The first kappa shape index (κ1) is 21.9. The van der Waals surface area contributed by atoms with Crippen LogP contribution < -0.4 is 0 Å². The number of benzene rings is 2. The van der Waals surface area contributed by atoms with Gasteiger partial charge in [-0.3, -0.25) is 4.90 Å². The molecule has 0 radical (unpaired) electrons. The number of hydrogen-bond donors (Lipinski definition) is 1. The van der Waals surface area contributed by atoms with Gasteiger partial charge in [0.25, 0.3) is 0 Å². The highest BCUT2D eigenvalue weighted by Gasteiger charge is 2.19. The summed E-state index contributed by atoms with van der Waals surface area (Å²) in [6.45, 7) is 11.7. The molecule has 2 aromatic carbocycles. The predicted octanol–water partition coefficient (Wildman–Crippen LogP) is 5.25. The van der Waals surface area contributed by atoms with E-state index in [0.717, 1.165) is 19.5 Å². The van der Waals surface area contributed by atoms with Crippen molar-refractivity contribution < 1.29 is 5.11 Å². The van der Waals surface area contributed by atoms with Gasteiger partial charge in [-0.1, -0.05) is 98.8 Å². The molecule has 0 aliphatic rings. The quantitative estimate of drug-likeness (QED) is 0.624. The highest BCUT2D eigenvalue weighted by molar-refractivity contribution is 5.18. The zero-order valence-electron chi connectivity index (χ0n) is 16.4. The molecule has 2 nitrogen and oxygen atoms in total. The van der Waals surface area contributed by atoms with Gasteiger partial charge in [0.1, 0.15) is 0 Å². The van der Waals surface area contributed by atoms with Crippen molar-refractivity contribution >= 4 is 0 Å². The van der Waals surface area contributed by atoms with E-state index in [1.807, 2.05) is 50.3 Å². The predicted molar refractivity (Wildman–Crippen MR) is 113 cm³/mol. The topological polar surface area (TPSA) is 23.5 Å². The first-order valence-corrected chi connectivity index (χ1v) is 9.44. The molecule has 26 heavy (non-hydrogen) atoms. The first-order chi connectivity index (χ1) is 12.7. The molecule has 2 heteroatoms. The molecule has 0 saturated carbocycles. The van der Waals surface area contributed by atoms with Crippen LogP contribution in [0.4, 0.5) is 0 Å². The van der Waals surface area contributed by atoms with Crippen LogP contribution >= 0.6 is 0 Å². The van der Waals surface area contributed by atoms with E-state index in [0.29, 0.717) is 0 Å². The van der Waals surface area contributed by atoms with Gasteiger partial charge in [-0.15, -0.1) is 0 Å². The highest BCUT2D eigenvalue weighted by Crippen LogP contribution is 2.15. The Morgan fingerprint density at radius 1 is 1.00 bits per heavy atom. The van der Waals surface area contributed by atoms with E-state index in [-0.39, 0.29) is 12.6 Å². The maximum absolute atomic E-state index is 10.00. The van der Waals surface area contributed by atoms with Crippen molar-refractivity contribution in [1.82, 2.24) is 4.90 Å². The number of nitrogens with zero attached hydrogens (tertiary/aromatic N) is 1. The molecule has 140 valence electrons. The van der Waals surface area contributed by atoms with Gasteiger partial charge in [0, 0.05) is 19.1 Å². The van der Waals surface area contributed by atoms with Crippen LogP contribution in [0.3, 0.4) is 0 Å². The lowest BCUT2D eigenvalue weighted by atomic mass is 10.0. The van der Waals surface area contributed by atoms with Crippen molar-refractivity contribution in [3.05, 3.63) is 96.1 Å². The van der Waals surface area contributed by atoms with Gasteiger partial charge in [0.2, 0.25) is 0 Å². The second-order valence-electron chi connectivity index (χ2n) is 6.17. The fraction of sp³-hybridized carbons (Fsp3) is 0.333. The van der Waals surface area contributed by atoms with E-state index < -0.39 is 0 Å². The molecule has 0 saturated heterocycles. The second kappa shape index (κ2) is 13.1. The van der Waals surface area contributed by atoms with Crippen LogP contribution in [0.1, 0.15) is 31.9 Å². The van der Waals surface area contributed by atoms with E-state index in [1.165, 1.54) is 16.7 Å². The van der Waals surface area contributed by atoms with Crippen LogP contribution in [0.2, 0.25) is 0 Å². The van der Waals surface area contributed by atoms with Crippen LogP contribution in [0, 0.1) is 0 Å². The number of aliphatic hydroxyl groups excluding tert-OH is 1. The summed E-state index contributed by atoms with van der Waals surface area (Å²) in [7, 11) is 0. The third kappa shape index (κ3) is 7.81. The Morgan fingerprint density at radius 2 is 1.54 bits per heavy atom. The minimum absolute atomic E-state index is 0.0840. The van der Waals surface area contributed by atoms with E-state index in [2.05, 4.69) is 54.8 Å². The van der Waals surface area contributed by atoms with Crippen molar-refractivity contribution in [2.24, 2.45) is 0 Å². The van der Waals surface area contributed by atoms with Crippen LogP contribution in [0.15, 0.2) is 85.0 Å². The van der Waals surface area contributed by atoms with Crippen LogP contribution in [0.25, 0.3) is 0 Å². The Hall–Kier alpha value is -2.16. The molecule has 0 amide bonds. The molecule has 0 aliphatic carbocycles. The first-order valence-electron chi connectivity index (χ1n) is 9.44. The minimum Gasteiger partial charge on any atom is -0.395 e. The van der Waals surface area contributed by atoms with Crippen molar-refractivity contribution in [2.45, 2.75) is 39.8 Å². The van der Waals surface area contributed by atoms with E-state index in [9.17, 15) is 5.11 Å². The Morgan fingerprint density at radius 3 is 2.04 bits per heavy atom. The van der Waals surface area contributed by atoms with Crippen molar-refractivity contribution in [2.75, 3.05) is 13.2 Å². The molecule has 2 rings (SSSR count). The highest BCUT2D eigenvalue weighted by atomic mass is 16.3. The normalized spacial score (nSPS) is 12.3. The Balaban J connectivity index is 0.00000163. The van der Waals surface area contributed by atoms with Crippen LogP contribution in [0.5, 0.6) is 0 Å². The molecular formula is C24H33NO. The molecule has 0 spiro atoms. The molecule has 0 heterocycles. The lowest BCUT2D eigenvalue weighted by molar-refractivity contribution is 0.125. The molecule has 1 atom stereocenters. The summed E-state index contributed by atoms with van der Waals surface area (Å²) >= 11 is 0. The summed E-state index contributed by atoms with van der Waals surface area (Å²) in [6, 6.07) is 20.9. The maximum Gasteiger partial charge on any atom is 0.0590 e. The lowest BCUT2D eigenvalue weighted by Gasteiger charge is -2.31. The SMILES string of the molecule is C=C/C=C(\C)CN(Cc1ccccc1)C(CO)Cc1ccccc1.CC. The smallest absolute Gasteiger partial charge is 0.0590 e. The van der Waals surface area contributed by atoms with Gasteiger partial charge < -0.3 is 5.11 Å². The second-order valence-corrected chi connectivity index (χ2v) is 6.17. The van der Waals surface area contributed by atoms with Gasteiger partial charge >= 0.3 is 0 Å². The van der Waals surface area contributed by atoms with E-state index >= 15 is 0 Å². The van der Waals surface area contributed by atoms with Crippen molar-refractivity contribution in [1.29, 1.82) is 0 Å². The largest absolute Gasteiger partial charge is 0.395 e. The summed E-state index contributed by atoms with van der Waals surface area (Å²) in [5, 5.41) is 10.00. The average Bonchev–Trinajstić information content (AvgIpc) is 2.69. The van der Waals surface area contributed by atoms with Gasteiger partial charge in [-0.05, 0) is 24.5 Å². The van der Waals surface area contributed by atoms with Gasteiger partial charge in [-0.2, -0.15) is 0 Å². The average molecular weight is 352 g/mol. The third-order valence-corrected chi connectivity index (χ3v) is 4.12.